The molecule has 2 aliphatic rings. The Kier molecular flexibility index (Phi) is 23.0. The van der Waals surface area contributed by atoms with Crippen LogP contribution in [0.3, 0.4) is 0 Å². The molecule has 4 aromatic heterocycles. The van der Waals surface area contributed by atoms with Gasteiger partial charge >= 0.3 is 0 Å². The third-order valence-electron chi connectivity index (χ3n) is 21.3. The van der Waals surface area contributed by atoms with Gasteiger partial charge in [0.15, 0.2) is 18.2 Å². The summed E-state index contributed by atoms with van der Waals surface area (Å²) in [4.78, 5) is 40.8. The van der Waals surface area contributed by atoms with Gasteiger partial charge in [-0.1, -0.05) is 277 Å². The summed E-state index contributed by atoms with van der Waals surface area (Å²) >= 11 is 0. The molecule has 0 spiro atoms. The number of phenolic OH excluding ortho intramolecular Hbond substituents is 2. The molecule has 11 heteroatoms. The SMILES string of the molecule is CC(C)(C)c1cc(-c2cc(-c3cccc(C4(c5ccccn5)c5ccccc5Oc5ccccc54)c3)nc(-c3ccccc3O)c2)cc(C(C)(C)C)c1.CC(C)(C)c1cc(/C=C/C(=O)c2ccccc2O)cc(C(C)(C)C)c1.O=C(C[n+]1ccccc1)c1cccc(C2(c3ccccn3)c3ccccc3Oc3ccccc32)c1.[I-]. The molecule has 0 aliphatic carbocycles. The number of rotatable bonds is 13. The molecular weight excluding hydrogens is 1520 g/mol. The van der Waals surface area contributed by atoms with Gasteiger partial charge in [-0.25, -0.2) is 4.98 Å². The van der Waals surface area contributed by atoms with Crippen molar-refractivity contribution in [2.75, 3.05) is 0 Å². The van der Waals surface area contributed by atoms with Crippen LogP contribution in [0.15, 0.2) is 328 Å². The van der Waals surface area contributed by atoms with Crippen molar-refractivity contribution in [2.45, 2.75) is 122 Å². The predicted molar refractivity (Wildman–Crippen MR) is 455 cm³/mol. The molecule has 0 radical (unpaired) electrons. The number of Topliss-reactive ketones (excluding diaryl/α,β-unsaturated/α-hetero) is 1. The number of para-hydroxylation sites is 6. The zero-order valence-corrected chi connectivity index (χ0v) is 68.8. The topological polar surface area (TPSA) is 136 Å². The van der Waals surface area contributed by atoms with E-state index in [-0.39, 0.29) is 75.2 Å². The quantitative estimate of drug-likeness (QED) is 0.0500. The number of aromatic hydroxyl groups is 2. The van der Waals surface area contributed by atoms with E-state index in [4.69, 9.17) is 24.4 Å². The summed E-state index contributed by atoms with van der Waals surface area (Å²) < 4.78 is 14.8. The zero-order valence-electron chi connectivity index (χ0n) is 66.7. The van der Waals surface area contributed by atoms with Gasteiger partial charge in [-0.3, -0.25) is 19.6 Å². The summed E-state index contributed by atoms with van der Waals surface area (Å²) in [5.41, 5.74) is 18.7. The average molecular weight is 1610 g/mol. The summed E-state index contributed by atoms with van der Waals surface area (Å²) in [6, 6.07) is 99.0. The lowest BCUT2D eigenvalue weighted by Gasteiger charge is -2.40. The van der Waals surface area contributed by atoms with Gasteiger partial charge in [-0.05, 0) is 175 Å². The highest BCUT2D eigenvalue weighted by Gasteiger charge is 2.48. The Morgan fingerprint density at radius 3 is 1.29 bits per heavy atom. The number of halogens is 1. The minimum atomic E-state index is -0.760. The lowest BCUT2D eigenvalue weighted by atomic mass is 9.65. The largest absolute Gasteiger partial charge is 1.00 e. The van der Waals surface area contributed by atoms with Crippen LogP contribution in [0, 0.1) is 0 Å². The number of ether oxygens (including phenoxy) is 2. The van der Waals surface area contributed by atoms with Crippen molar-refractivity contribution in [3.63, 3.8) is 0 Å². The van der Waals surface area contributed by atoms with E-state index in [0.29, 0.717) is 22.4 Å². The number of ketones is 2. The Morgan fingerprint density at radius 1 is 0.395 bits per heavy atom. The number of allylic oxidation sites excluding steroid dienone is 1. The fourth-order valence-electron chi connectivity index (χ4n) is 15.2. The van der Waals surface area contributed by atoms with Gasteiger partial charge in [0.2, 0.25) is 12.3 Å². The first kappa shape index (κ1) is 79.9. The molecule has 0 saturated heterocycles. The van der Waals surface area contributed by atoms with E-state index in [1.807, 2.05) is 175 Å². The van der Waals surface area contributed by atoms with Crippen molar-refractivity contribution < 1.29 is 57.8 Å². The Bertz CT molecular complexity index is 5710. The monoisotopic (exact) mass is 1610 g/mol. The molecule has 10 nitrogen and oxygen atoms in total. The van der Waals surface area contributed by atoms with E-state index >= 15 is 0 Å². The van der Waals surface area contributed by atoms with Crippen LogP contribution < -0.4 is 38.0 Å². The Morgan fingerprint density at radius 2 is 0.816 bits per heavy atom. The number of hydrogen-bond acceptors (Lipinski definition) is 9. The molecule has 0 bridgehead atoms. The van der Waals surface area contributed by atoms with Gasteiger partial charge < -0.3 is 43.7 Å². The molecule has 6 heterocycles. The molecule has 0 fully saturated rings. The molecule has 14 aromatic rings. The van der Waals surface area contributed by atoms with E-state index in [0.717, 1.165) is 95.7 Å². The second-order valence-electron chi connectivity index (χ2n) is 33.3. The molecule has 114 heavy (non-hydrogen) atoms. The summed E-state index contributed by atoms with van der Waals surface area (Å²) in [5, 5.41) is 20.9. The van der Waals surface area contributed by atoms with Gasteiger partial charge in [0, 0.05) is 63.5 Å². The summed E-state index contributed by atoms with van der Waals surface area (Å²) in [7, 11) is 0. The van der Waals surface area contributed by atoms with Crippen LogP contribution in [-0.4, -0.2) is 36.7 Å². The third kappa shape index (κ3) is 16.5. The number of carbonyl (C=O) groups is 2. The molecule has 2 aliphatic heterocycles. The number of aromatic nitrogens is 4. The van der Waals surface area contributed by atoms with Crippen LogP contribution in [0.4, 0.5) is 0 Å². The highest BCUT2D eigenvalue weighted by atomic mass is 127. The van der Waals surface area contributed by atoms with Crippen molar-refractivity contribution in [3.8, 4) is 68.1 Å². The highest BCUT2D eigenvalue weighted by Crippen LogP contribution is 2.57. The van der Waals surface area contributed by atoms with Crippen LogP contribution in [0.5, 0.6) is 34.5 Å². The number of benzene rings is 10. The lowest BCUT2D eigenvalue weighted by molar-refractivity contribution is -0.683. The zero-order chi connectivity index (χ0) is 79.5. The summed E-state index contributed by atoms with van der Waals surface area (Å²) in [5.74, 6) is 3.23. The molecule has 0 amide bonds. The maximum atomic E-state index is 13.3. The maximum Gasteiger partial charge on any atom is 0.227 e. The van der Waals surface area contributed by atoms with E-state index in [1.165, 1.54) is 34.4 Å². The van der Waals surface area contributed by atoms with E-state index in [2.05, 4.69) is 210 Å². The number of hydrogen-bond donors (Lipinski definition) is 2. The summed E-state index contributed by atoms with van der Waals surface area (Å²) in [6.07, 6.45) is 10.9. The van der Waals surface area contributed by atoms with Crippen molar-refractivity contribution in [2.24, 2.45) is 0 Å². The molecule has 16 rings (SSSR count). The number of carbonyl (C=O) groups excluding carboxylic acids is 2. The average Bonchev–Trinajstić information content (AvgIpc) is 0.712. The smallest absolute Gasteiger partial charge is 0.227 e. The first-order chi connectivity index (χ1) is 54.2. The number of phenols is 2. The number of nitrogens with zero attached hydrogens (tertiary/aromatic N) is 4. The first-order valence-electron chi connectivity index (χ1n) is 38.6. The molecule has 0 atom stereocenters. The number of pyridine rings is 4. The Balaban J connectivity index is 0.000000160. The molecule has 0 unspecified atom stereocenters. The summed E-state index contributed by atoms with van der Waals surface area (Å²) in [6.45, 7) is 27.0. The van der Waals surface area contributed by atoms with Crippen molar-refractivity contribution in [1.82, 2.24) is 15.0 Å². The fraction of sp³-hybridized carbons (Fsp3) is 0.184. The van der Waals surface area contributed by atoms with Crippen molar-refractivity contribution >= 4 is 17.6 Å². The normalized spacial score (nSPS) is 13.1. The second kappa shape index (κ2) is 32.9. The van der Waals surface area contributed by atoms with Gasteiger partial charge in [0.05, 0.1) is 39.2 Å². The molecule has 2 N–H and O–H groups in total. The van der Waals surface area contributed by atoms with Crippen LogP contribution in [-0.2, 0) is 39.0 Å². The van der Waals surface area contributed by atoms with Crippen LogP contribution in [0.2, 0.25) is 0 Å². The fourth-order valence-corrected chi connectivity index (χ4v) is 15.2. The van der Waals surface area contributed by atoms with Crippen LogP contribution in [0.1, 0.15) is 176 Å². The van der Waals surface area contributed by atoms with E-state index in [9.17, 15) is 19.8 Å². The minimum Gasteiger partial charge on any atom is -1.00 e. The highest BCUT2D eigenvalue weighted by molar-refractivity contribution is 6.08. The number of fused-ring (bicyclic) bond motifs is 4. The maximum absolute atomic E-state index is 13.3. The van der Waals surface area contributed by atoms with E-state index in [1.54, 1.807) is 24.3 Å². The Labute approximate surface area is 687 Å². The molecular formula is C103H95IN4O6. The standard InChI is InChI=1S/C49H44N2O2.C31H23N2O2.C23H28O2.HI/c1-47(2,3)36-27-33(28-37(31-36)48(4,5)6)34-29-41(51-42(30-34)38-18-7-10-21-43(38)52)32-16-15-17-35(26-32)49(46-24-13-14-25-50-46)39-19-8-11-22-44(39)53-45-23-12-9-20-40(45)49;34-27(22-33-19-8-1-9-20-33)23-11-10-12-24(21-23)31(30-17-6-7-18-32-30)25-13-2-4-15-28(25)35-29-16-5-3-14-26(29)31;1-22(2,3)17-13-16(14-18(15-17)23(4,5)6)11-12-21(25)19-9-7-8-10-20(19)24;/h7-31,52H,1-6H3;1-21H,22H2;7-15,24H,1-6H3;1H/q;+1;;/p-1/b;;12-11+;. The van der Waals surface area contributed by atoms with Crippen LogP contribution >= 0.6 is 0 Å². The lowest BCUT2D eigenvalue weighted by Crippen LogP contribution is -3.00. The van der Waals surface area contributed by atoms with Gasteiger partial charge in [-0.2, -0.15) is 4.57 Å². The van der Waals surface area contributed by atoms with Crippen molar-refractivity contribution in [3.05, 3.63) is 412 Å². The van der Waals surface area contributed by atoms with Gasteiger partial charge in [0.1, 0.15) is 34.5 Å². The third-order valence-corrected chi connectivity index (χ3v) is 21.3. The first-order valence-corrected chi connectivity index (χ1v) is 38.6. The molecule has 570 valence electrons. The minimum absolute atomic E-state index is 0. The molecule has 0 saturated carbocycles. The Hall–Kier alpha value is -12.2. The predicted octanol–water partition coefficient (Wildman–Crippen LogP) is 20.9. The van der Waals surface area contributed by atoms with E-state index < -0.39 is 10.8 Å². The van der Waals surface area contributed by atoms with Gasteiger partial charge in [-0.15, -0.1) is 0 Å². The second-order valence-corrected chi connectivity index (χ2v) is 33.3. The van der Waals surface area contributed by atoms with Crippen molar-refractivity contribution in [1.29, 1.82) is 0 Å². The van der Waals surface area contributed by atoms with Crippen LogP contribution in [0.25, 0.3) is 39.7 Å². The van der Waals surface area contributed by atoms with Gasteiger partial charge in [0.25, 0.3) is 0 Å². The molecule has 10 aromatic carbocycles.